The van der Waals surface area contributed by atoms with Crippen molar-refractivity contribution in [1.29, 1.82) is 0 Å². The Morgan fingerprint density at radius 1 is 1.27 bits per heavy atom. The lowest BCUT2D eigenvalue weighted by molar-refractivity contribution is 0.468. The Morgan fingerprint density at radius 2 is 1.91 bits per heavy atom. The Balaban J connectivity index is 2.53. The van der Waals surface area contributed by atoms with Crippen LogP contribution in [-0.4, -0.2) is 8.32 Å². The van der Waals surface area contributed by atoms with Crippen molar-refractivity contribution in [3.8, 4) is 0 Å². The van der Waals surface area contributed by atoms with Crippen molar-refractivity contribution in [2.75, 3.05) is 0 Å². The first kappa shape index (κ1) is 8.59. The molecule has 1 aliphatic rings. The van der Waals surface area contributed by atoms with Crippen LogP contribution in [0.1, 0.15) is 12.8 Å². The van der Waals surface area contributed by atoms with E-state index in [9.17, 15) is 0 Å². The van der Waals surface area contributed by atoms with E-state index in [0.29, 0.717) is 0 Å². The highest BCUT2D eigenvalue weighted by Crippen LogP contribution is 2.34. The molecule has 0 unspecified atom stereocenters. The van der Waals surface area contributed by atoms with Crippen molar-refractivity contribution in [3.05, 3.63) is 25.5 Å². The van der Waals surface area contributed by atoms with Crippen LogP contribution in [0.2, 0.25) is 18.1 Å². The molecule has 0 bridgehead atoms. The summed E-state index contributed by atoms with van der Waals surface area (Å²) in [4.78, 5) is 0. The zero-order valence-electron chi connectivity index (χ0n) is 7.01. The van der Waals surface area contributed by atoms with Gasteiger partial charge in [0.15, 0.2) is 0 Å². The predicted molar refractivity (Wildman–Crippen MR) is 50.9 cm³/mol. The van der Waals surface area contributed by atoms with E-state index >= 15 is 0 Å². The molecule has 1 heterocycles. The van der Waals surface area contributed by atoms with Gasteiger partial charge in [-0.1, -0.05) is 25.5 Å². The second-order valence-corrected chi connectivity index (χ2v) is 7.18. The minimum Gasteiger partial charge on any atom is -0.549 e. The first-order chi connectivity index (χ1) is 5.33. The Morgan fingerprint density at radius 3 is 2.36 bits per heavy atom. The second-order valence-electron chi connectivity index (χ2n) is 3.17. The maximum Gasteiger partial charge on any atom is 0.254 e. The standard InChI is InChI=1S/C9H16OSi/c1-3-7-11(10-4-2)8-5-6-9-11/h3-4H,1-2,5-9H2. The fourth-order valence-electron chi connectivity index (χ4n) is 1.83. The normalized spacial score (nSPS) is 21.1. The number of allylic oxidation sites excluding steroid dienone is 1. The molecular formula is C9H16OSi. The maximum atomic E-state index is 5.66. The van der Waals surface area contributed by atoms with E-state index in [2.05, 4.69) is 13.2 Å². The Bertz CT molecular complexity index is 136. The summed E-state index contributed by atoms with van der Waals surface area (Å²) >= 11 is 0. The van der Waals surface area contributed by atoms with Crippen LogP contribution in [-0.2, 0) is 4.43 Å². The van der Waals surface area contributed by atoms with E-state index in [-0.39, 0.29) is 0 Å². The highest BCUT2D eigenvalue weighted by Gasteiger charge is 2.37. The molecule has 0 aliphatic carbocycles. The van der Waals surface area contributed by atoms with Gasteiger partial charge in [-0.3, -0.25) is 0 Å². The van der Waals surface area contributed by atoms with E-state index < -0.39 is 8.32 Å². The molecule has 0 aromatic carbocycles. The summed E-state index contributed by atoms with van der Waals surface area (Å²) in [6, 6.07) is 3.69. The van der Waals surface area contributed by atoms with E-state index in [4.69, 9.17) is 4.43 Å². The quantitative estimate of drug-likeness (QED) is 0.356. The number of hydrogen-bond donors (Lipinski definition) is 0. The highest BCUT2D eigenvalue weighted by molar-refractivity contribution is 6.75. The third-order valence-corrected chi connectivity index (χ3v) is 6.59. The Kier molecular flexibility index (Phi) is 2.94. The molecule has 0 aromatic heterocycles. The van der Waals surface area contributed by atoms with Crippen molar-refractivity contribution in [1.82, 2.24) is 0 Å². The Labute approximate surface area is 69.9 Å². The third kappa shape index (κ3) is 1.96. The van der Waals surface area contributed by atoms with E-state index in [0.717, 1.165) is 6.04 Å². The highest BCUT2D eigenvalue weighted by atomic mass is 28.4. The van der Waals surface area contributed by atoms with Crippen LogP contribution in [0.3, 0.4) is 0 Å². The summed E-state index contributed by atoms with van der Waals surface area (Å²) in [6.07, 6.45) is 6.31. The van der Waals surface area contributed by atoms with E-state index in [1.165, 1.54) is 24.9 Å². The molecule has 1 aliphatic heterocycles. The monoisotopic (exact) mass is 168 g/mol. The van der Waals surface area contributed by atoms with Crippen LogP contribution < -0.4 is 0 Å². The molecule has 0 N–H and O–H groups in total. The molecule has 11 heavy (non-hydrogen) atoms. The zero-order valence-corrected chi connectivity index (χ0v) is 8.01. The van der Waals surface area contributed by atoms with Gasteiger partial charge in [-0.05, 0) is 18.1 Å². The fourth-order valence-corrected chi connectivity index (χ4v) is 5.49. The molecule has 2 heteroatoms. The smallest absolute Gasteiger partial charge is 0.254 e. The zero-order chi connectivity index (χ0) is 8.16. The summed E-state index contributed by atoms with van der Waals surface area (Å²) in [5, 5.41) is 0. The summed E-state index contributed by atoms with van der Waals surface area (Å²) in [6.45, 7) is 7.40. The van der Waals surface area contributed by atoms with Crippen molar-refractivity contribution in [2.24, 2.45) is 0 Å². The molecule has 1 saturated heterocycles. The van der Waals surface area contributed by atoms with Gasteiger partial charge in [-0.2, -0.15) is 0 Å². The molecule has 0 spiro atoms. The lowest BCUT2D eigenvalue weighted by atomic mass is 10.4. The minimum absolute atomic E-state index is 1.10. The lowest BCUT2D eigenvalue weighted by Gasteiger charge is -2.23. The van der Waals surface area contributed by atoms with Crippen LogP contribution in [0.15, 0.2) is 25.5 Å². The van der Waals surface area contributed by atoms with Crippen molar-refractivity contribution < 1.29 is 4.43 Å². The molecule has 0 amide bonds. The average molecular weight is 168 g/mol. The molecular weight excluding hydrogens is 152 g/mol. The van der Waals surface area contributed by atoms with Gasteiger partial charge in [0, 0.05) is 0 Å². The van der Waals surface area contributed by atoms with Crippen molar-refractivity contribution in [2.45, 2.75) is 31.0 Å². The molecule has 0 saturated carbocycles. The van der Waals surface area contributed by atoms with Gasteiger partial charge in [0.05, 0.1) is 6.26 Å². The van der Waals surface area contributed by atoms with Gasteiger partial charge in [-0.25, -0.2) is 0 Å². The van der Waals surface area contributed by atoms with Crippen LogP contribution in [0.25, 0.3) is 0 Å². The molecule has 1 fully saturated rings. The van der Waals surface area contributed by atoms with Crippen LogP contribution in [0.4, 0.5) is 0 Å². The average Bonchev–Trinajstić information content (AvgIpc) is 2.39. The Hall–Kier alpha value is -0.503. The van der Waals surface area contributed by atoms with Crippen LogP contribution in [0, 0.1) is 0 Å². The van der Waals surface area contributed by atoms with Crippen LogP contribution >= 0.6 is 0 Å². The van der Waals surface area contributed by atoms with Gasteiger partial charge in [0.2, 0.25) is 0 Å². The molecule has 0 aromatic rings. The SMILES string of the molecule is C=CC[Si]1(OC=C)CCCC1. The molecule has 0 atom stereocenters. The van der Waals surface area contributed by atoms with Gasteiger partial charge in [-0.15, -0.1) is 6.58 Å². The van der Waals surface area contributed by atoms with Gasteiger partial charge in [0.25, 0.3) is 8.32 Å². The molecule has 1 rings (SSSR count). The summed E-state index contributed by atoms with van der Waals surface area (Å²) in [5.74, 6) is 0. The van der Waals surface area contributed by atoms with Gasteiger partial charge < -0.3 is 4.43 Å². The largest absolute Gasteiger partial charge is 0.549 e. The summed E-state index contributed by atoms with van der Waals surface area (Å²) in [5.41, 5.74) is 0. The minimum atomic E-state index is -1.37. The van der Waals surface area contributed by atoms with Gasteiger partial charge in [0.1, 0.15) is 0 Å². The maximum absolute atomic E-state index is 5.66. The van der Waals surface area contributed by atoms with Crippen molar-refractivity contribution in [3.63, 3.8) is 0 Å². The third-order valence-electron chi connectivity index (χ3n) is 2.36. The molecule has 1 nitrogen and oxygen atoms in total. The number of rotatable bonds is 4. The number of hydrogen-bond acceptors (Lipinski definition) is 1. The van der Waals surface area contributed by atoms with Crippen molar-refractivity contribution >= 4 is 8.32 Å². The first-order valence-electron chi connectivity index (χ1n) is 4.23. The van der Waals surface area contributed by atoms with E-state index in [1.807, 2.05) is 6.08 Å². The van der Waals surface area contributed by atoms with Gasteiger partial charge >= 0.3 is 0 Å². The molecule has 0 radical (unpaired) electrons. The first-order valence-corrected chi connectivity index (χ1v) is 6.75. The topological polar surface area (TPSA) is 9.23 Å². The van der Waals surface area contributed by atoms with E-state index in [1.54, 1.807) is 6.26 Å². The summed E-state index contributed by atoms with van der Waals surface area (Å²) in [7, 11) is -1.37. The summed E-state index contributed by atoms with van der Waals surface area (Å²) < 4.78 is 5.66. The van der Waals surface area contributed by atoms with Crippen LogP contribution in [0.5, 0.6) is 0 Å². The predicted octanol–water partition coefficient (Wildman–Crippen LogP) is 3.07. The fraction of sp³-hybridized carbons (Fsp3) is 0.556. The molecule has 62 valence electrons. The second kappa shape index (κ2) is 3.76. The lowest BCUT2D eigenvalue weighted by Crippen LogP contribution is -2.31.